The van der Waals surface area contributed by atoms with Gasteiger partial charge in [0.25, 0.3) is 0 Å². The number of piperidine rings is 1. The average molecular weight is 422 g/mol. The summed E-state index contributed by atoms with van der Waals surface area (Å²) in [4.78, 5) is 0.375. The fraction of sp³-hybridized carbons (Fsp3) is 0.333. The first kappa shape index (κ1) is 19.4. The molecule has 5 rings (SSSR count). The van der Waals surface area contributed by atoms with E-state index in [-0.39, 0.29) is 5.54 Å². The molecule has 0 saturated carbocycles. The third-order valence-corrected chi connectivity index (χ3v) is 8.70. The number of aryl methyl sites for hydroxylation is 2. The zero-order valence-electron chi connectivity index (χ0n) is 17.6. The molecule has 1 spiro atoms. The molecule has 6 heteroatoms. The van der Waals surface area contributed by atoms with Gasteiger partial charge in [-0.2, -0.15) is 4.31 Å². The highest BCUT2D eigenvalue weighted by atomic mass is 32.2. The Morgan fingerprint density at radius 3 is 2.33 bits per heavy atom. The Balaban J connectivity index is 1.46. The third kappa shape index (κ3) is 2.81. The molecule has 1 aromatic heterocycles. The molecule has 1 fully saturated rings. The molecule has 3 heterocycles. The van der Waals surface area contributed by atoms with Crippen molar-refractivity contribution in [1.29, 1.82) is 0 Å². The van der Waals surface area contributed by atoms with Gasteiger partial charge in [-0.05, 0) is 75.1 Å². The second-order valence-corrected chi connectivity index (χ2v) is 10.5. The molecule has 2 aromatic carbocycles. The Labute approximate surface area is 178 Å². The van der Waals surface area contributed by atoms with E-state index in [0.29, 0.717) is 18.0 Å². The van der Waals surface area contributed by atoms with Gasteiger partial charge in [-0.15, -0.1) is 0 Å². The van der Waals surface area contributed by atoms with Gasteiger partial charge in [0.2, 0.25) is 10.0 Å². The van der Waals surface area contributed by atoms with Crippen molar-refractivity contribution < 1.29 is 8.42 Å². The number of sulfonamides is 1. The lowest BCUT2D eigenvalue weighted by Crippen LogP contribution is -2.51. The molecule has 0 atom stereocenters. The molecule has 0 aliphatic carbocycles. The standard InChI is InChI=1S/C24H27N3O2S/c1-17-6-9-20(10-7-17)30(28,29)26-15-12-24(13-16-26)22-5-4-14-27(22)23-19(3)18(2)8-11-21(23)25-24/h4-11,14,25H,12-13,15-16H2,1-3H3. The van der Waals surface area contributed by atoms with Crippen molar-refractivity contribution in [2.75, 3.05) is 18.4 Å². The van der Waals surface area contributed by atoms with Crippen molar-refractivity contribution in [3.8, 4) is 5.69 Å². The van der Waals surface area contributed by atoms with Crippen LogP contribution in [0.4, 0.5) is 5.69 Å². The first-order valence-electron chi connectivity index (χ1n) is 10.5. The number of rotatable bonds is 2. The van der Waals surface area contributed by atoms with Gasteiger partial charge in [0.15, 0.2) is 0 Å². The van der Waals surface area contributed by atoms with Crippen molar-refractivity contribution >= 4 is 15.7 Å². The Kier molecular flexibility index (Phi) is 4.35. The topological polar surface area (TPSA) is 54.3 Å². The summed E-state index contributed by atoms with van der Waals surface area (Å²) >= 11 is 0. The number of fused-ring (bicyclic) bond motifs is 4. The van der Waals surface area contributed by atoms with Gasteiger partial charge in [-0.25, -0.2) is 8.42 Å². The van der Waals surface area contributed by atoms with E-state index in [1.807, 2.05) is 19.1 Å². The van der Waals surface area contributed by atoms with Crippen LogP contribution in [0.3, 0.4) is 0 Å². The van der Waals surface area contributed by atoms with Crippen molar-refractivity contribution in [3.05, 3.63) is 77.1 Å². The highest BCUT2D eigenvalue weighted by Gasteiger charge is 2.44. The van der Waals surface area contributed by atoms with Gasteiger partial charge >= 0.3 is 0 Å². The van der Waals surface area contributed by atoms with Crippen LogP contribution in [-0.2, 0) is 15.6 Å². The van der Waals surface area contributed by atoms with E-state index in [9.17, 15) is 8.42 Å². The molecular weight excluding hydrogens is 394 g/mol. The van der Waals surface area contributed by atoms with E-state index in [4.69, 9.17) is 0 Å². The average Bonchev–Trinajstić information content (AvgIpc) is 3.22. The smallest absolute Gasteiger partial charge is 0.243 e. The van der Waals surface area contributed by atoms with Gasteiger partial charge in [-0.3, -0.25) is 0 Å². The predicted octanol–water partition coefficient (Wildman–Crippen LogP) is 4.51. The zero-order valence-corrected chi connectivity index (χ0v) is 18.5. The summed E-state index contributed by atoms with van der Waals surface area (Å²) in [6, 6.07) is 15.7. The van der Waals surface area contributed by atoms with Gasteiger partial charge in [-0.1, -0.05) is 23.8 Å². The molecule has 0 unspecified atom stereocenters. The minimum absolute atomic E-state index is 0.252. The van der Waals surface area contributed by atoms with E-state index in [2.05, 4.69) is 54.2 Å². The first-order chi connectivity index (χ1) is 14.3. The van der Waals surface area contributed by atoms with Gasteiger partial charge in [0.05, 0.1) is 21.8 Å². The summed E-state index contributed by atoms with van der Waals surface area (Å²) in [6.07, 6.45) is 3.58. The molecule has 0 amide bonds. The molecule has 0 bridgehead atoms. The molecule has 0 radical (unpaired) electrons. The summed E-state index contributed by atoms with van der Waals surface area (Å²) in [5, 5.41) is 3.80. The molecule has 2 aliphatic rings. The molecule has 5 nitrogen and oxygen atoms in total. The SMILES string of the molecule is Cc1ccc(S(=O)(=O)N2CCC3(CC2)Nc2ccc(C)c(C)c2-n2cccc23)cc1. The van der Waals surface area contributed by atoms with E-state index >= 15 is 0 Å². The maximum Gasteiger partial charge on any atom is 0.243 e. The quantitative estimate of drug-likeness (QED) is 0.662. The summed E-state index contributed by atoms with van der Waals surface area (Å²) < 4.78 is 30.2. The fourth-order valence-electron chi connectivity index (χ4n) is 4.85. The van der Waals surface area contributed by atoms with Crippen molar-refractivity contribution in [1.82, 2.24) is 8.87 Å². The van der Waals surface area contributed by atoms with E-state index < -0.39 is 10.0 Å². The van der Waals surface area contributed by atoms with Crippen LogP contribution in [0, 0.1) is 20.8 Å². The number of hydrogen-bond acceptors (Lipinski definition) is 3. The summed E-state index contributed by atoms with van der Waals surface area (Å²) in [5.74, 6) is 0. The maximum absolute atomic E-state index is 13.1. The Morgan fingerprint density at radius 1 is 0.933 bits per heavy atom. The Bertz CT molecular complexity index is 1220. The van der Waals surface area contributed by atoms with Crippen molar-refractivity contribution in [3.63, 3.8) is 0 Å². The van der Waals surface area contributed by atoms with Crippen LogP contribution >= 0.6 is 0 Å². The van der Waals surface area contributed by atoms with E-state index in [1.54, 1.807) is 16.4 Å². The van der Waals surface area contributed by atoms with Crippen LogP contribution < -0.4 is 5.32 Å². The van der Waals surface area contributed by atoms with Crippen molar-refractivity contribution in [2.24, 2.45) is 0 Å². The second kappa shape index (κ2) is 6.72. The highest BCUT2D eigenvalue weighted by Crippen LogP contribution is 2.45. The summed E-state index contributed by atoms with van der Waals surface area (Å²) in [7, 11) is -3.47. The summed E-state index contributed by atoms with van der Waals surface area (Å²) in [6.45, 7) is 7.25. The number of aromatic nitrogens is 1. The van der Waals surface area contributed by atoms with Crippen LogP contribution in [0.2, 0.25) is 0 Å². The number of benzene rings is 2. The number of nitrogens with zero attached hydrogens (tertiary/aromatic N) is 2. The zero-order chi connectivity index (χ0) is 21.1. The van der Waals surface area contributed by atoms with E-state index in [0.717, 1.165) is 24.1 Å². The molecule has 3 aromatic rings. The van der Waals surface area contributed by atoms with Crippen LogP contribution in [-0.4, -0.2) is 30.4 Å². The molecule has 2 aliphatic heterocycles. The van der Waals surface area contributed by atoms with Gasteiger partial charge < -0.3 is 9.88 Å². The number of anilines is 1. The van der Waals surface area contributed by atoms with Crippen LogP contribution in [0.1, 0.15) is 35.2 Å². The van der Waals surface area contributed by atoms with Crippen LogP contribution in [0.5, 0.6) is 0 Å². The van der Waals surface area contributed by atoms with Gasteiger partial charge in [0.1, 0.15) is 0 Å². The lowest BCUT2D eigenvalue weighted by Gasteiger charge is -2.46. The van der Waals surface area contributed by atoms with Crippen LogP contribution in [0.25, 0.3) is 5.69 Å². The largest absolute Gasteiger partial charge is 0.372 e. The minimum Gasteiger partial charge on any atom is -0.372 e. The second-order valence-electron chi connectivity index (χ2n) is 8.59. The van der Waals surface area contributed by atoms with Gasteiger partial charge in [0, 0.05) is 25.0 Å². The van der Waals surface area contributed by atoms with E-state index in [1.165, 1.54) is 22.5 Å². The lowest BCUT2D eigenvalue weighted by atomic mass is 9.82. The Morgan fingerprint density at radius 2 is 1.63 bits per heavy atom. The predicted molar refractivity (Wildman–Crippen MR) is 120 cm³/mol. The number of nitrogens with one attached hydrogen (secondary N) is 1. The molecule has 30 heavy (non-hydrogen) atoms. The molecule has 1 N–H and O–H groups in total. The van der Waals surface area contributed by atoms with Crippen LogP contribution in [0.15, 0.2) is 59.6 Å². The summed E-state index contributed by atoms with van der Waals surface area (Å²) in [5.41, 5.74) is 6.89. The first-order valence-corrected chi connectivity index (χ1v) is 11.9. The monoisotopic (exact) mass is 421 g/mol. The normalized spacial score (nSPS) is 18.0. The highest BCUT2D eigenvalue weighted by molar-refractivity contribution is 7.89. The lowest BCUT2D eigenvalue weighted by molar-refractivity contribution is 0.247. The van der Waals surface area contributed by atoms with Crippen molar-refractivity contribution in [2.45, 2.75) is 44.0 Å². The Hall–Kier alpha value is -2.57. The molecular formula is C24H27N3O2S. The minimum atomic E-state index is -3.47. The number of hydrogen-bond donors (Lipinski definition) is 1. The molecule has 1 saturated heterocycles. The molecule has 156 valence electrons. The third-order valence-electron chi connectivity index (χ3n) is 6.79. The maximum atomic E-state index is 13.1. The fourth-order valence-corrected chi connectivity index (χ4v) is 6.29.